The molecular formula is C15H24N4. The third kappa shape index (κ3) is 3.17. The van der Waals surface area contributed by atoms with Gasteiger partial charge in [0, 0.05) is 18.0 Å². The van der Waals surface area contributed by atoms with Crippen LogP contribution in [-0.2, 0) is 0 Å². The van der Waals surface area contributed by atoms with Crippen LogP contribution in [-0.4, -0.2) is 16.0 Å². The van der Waals surface area contributed by atoms with Gasteiger partial charge in [0.05, 0.1) is 0 Å². The van der Waals surface area contributed by atoms with E-state index in [2.05, 4.69) is 29.1 Å². The number of hydrogen-bond acceptors (Lipinski definition) is 4. The highest BCUT2D eigenvalue weighted by Crippen LogP contribution is 2.39. The van der Waals surface area contributed by atoms with Crippen LogP contribution in [0.15, 0.2) is 6.07 Å². The second-order valence-corrected chi connectivity index (χ2v) is 6.89. The summed E-state index contributed by atoms with van der Waals surface area (Å²) in [5.41, 5.74) is 6.38. The standard InChI is InChI=1S/C15H24N4/c1-15(2)7-5-11(6-8-15)17-13-9-12(16)18-14(19-13)10-3-4-10/h9-11H,3-8H2,1-2H3,(H3,16,17,18,19). The fraction of sp³-hybridized carbons (Fsp3) is 0.733. The summed E-state index contributed by atoms with van der Waals surface area (Å²) in [6, 6.07) is 2.40. The van der Waals surface area contributed by atoms with Crippen molar-refractivity contribution in [1.29, 1.82) is 0 Å². The van der Waals surface area contributed by atoms with Crippen molar-refractivity contribution in [2.75, 3.05) is 11.1 Å². The van der Waals surface area contributed by atoms with Crippen LogP contribution >= 0.6 is 0 Å². The molecule has 4 heteroatoms. The zero-order valence-corrected chi connectivity index (χ0v) is 11.9. The van der Waals surface area contributed by atoms with Crippen molar-refractivity contribution in [3.63, 3.8) is 0 Å². The van der Waals surface area contributed by atoms with E-state index in [0.29, 0.717) is 23.2 Å². The van der Waals surface area contributed by atoms with Crippen molar-refractivity contribution >= 4 is 11.6 Å². The van der Waals surface area contributed by atoms with Crippen molar-refractivity contribution in [1.82, 2.24) is 9.97 Å². The predicted octanol–water partition coefficient (Wildman–Crippen LogP) is 3.32. The van der Waals surface area contributed by atoms with Gasteiger partial charge < -0.3 is 11.1 Å². The second kappa shape index (κ2) is 4.66. The molecule has 19 heavy (non-hydrogen) atoms. The van der Waals surface area contributed by atoms with E-state index in [-0.39, 0.29) is 0 Å². The van der Waals surface area contributed by atoms with Crippen LogP contribution in [0.3, 0.4) is 0 Å². The van der Waals surface area contributed by atoms with E-state index < -0.39 is 0 Å². The van der Waals surface area contributed by atoms with Crippen LogP contribution in [0.25, 0.3) is 0 Å². The first kappa shape index (κ1) is 12.7. The zero-order valence-electron chi connectivity index (χ0n) is 11.9. The molecule has 0 atom stereocenters. The Labute approximate surface area is 115 Å². The maximum absolute atomic E-state index is 5.88. The lowest BCUT2D eigenvalue weighted by atomic mass is 9.75. The predicted molar refractivity (Wildman–Crippen MR) is 78.1 cm³/mol. The number of hydrogen-bond donors (Lipinski definition) is 2. The summed E-state index contributed by atoms with van der Waals surface area (Å²) >= 11 is 0. The van der Waals surface area contributed by atoms with E-state index >= 15 is 0 Å². The van der Waals surface area contributed by atoms with Crippen LogP contribution in [0.2, 0.25) is 0 Å². The third-order valence-electron chi connectivity index (χ3n) is 4.40. The molecule has 0 radical (unpaired) electrons. The Hall–Kier alpha value is -1.32. The molecule has 2 aliphatic carbocycles. The highest BCUT2D eigenvalue weighted by atomic mass is 15.1. The minimum Gasteiger partial charge on any atom is -0.384 e. The van der Waals surface area contributed by atoms with E-state index in [1.54, 1.807) is 0 Å². The van der Waals surface area contributed by atoms with Crippen LogP contribution < -0.4 is 11.1 Å². The Balaban J connectivity index is 1.66. The van der Waals surface area contributed by atoms with Crippen molar-refractivity contribution in [3.8, 4) is 0 Å². The van der Waals surface area contributed by atoms with E-state index in [9.17, 15) is 0 Å². The van der Waals surface area contributed by atoms with Crippen LogP contribution in [0.5, 0.6) is 0 Å². The summed E-state index contributed by atoms with van der Waals surface area (Å²) in [6.45, 7) is 4.72. The lowest BCUT2D eigenvalue weighted by molar-refractivity contribution is 0.232. The fourth-order valence-electron chi connectivity index (χ4n) is 2.84. The summed E-state index contributed by atoms with van der Waals surface area (Å²) in [7, 11) is 0. The van der Waals surface area contributed by atoms with Gasteiger partial charge in [0.1, 0.15) is 17.5 Å². The molecule has 1 aromatic heterocycles. The van der Waals surface area contributed by atoms with Gasteiger partial charge in [-0.25, -0.2) is 9.97 Å². The molecule has 104 valence electrons. The molecule has 1 heterocycles. The Morgan fingerprint density at radius 3 is 2.47 bits per heavy atom. The van der Waals surface area contributed by atoms with Gasteiger partial charge in [0.25, 0.3) is 0 Å². The first-order chi connectivity index (χ1) is 9.02. The first-order valence-electron chi connectivity index (χ1n) is 7.43. The number of nitrogens with one attached hydrogen (secondary N) is 1. The van der Waals surface area contributed by atoms with Gasteiger partial charge in [0.15, 0.2) is 0 Å². The quantitative estimate of drug-likeness (QED) is 0.875. The molecule has 2 fully saturated rings. The zero-order chi connectivity index (χ0) is 13.5. The first-order valence-corrected chi connectivity index (χ1v) is 7.43. The van der Waals surface area contributed by atoms with Gasteiger partial charge in [-0.05, 0) is 43.9 Å². The topological polar surface area (TPSA) is 63.8 Å². The van der Waals surface area contributed by atoms with E-state index in [1.165, 1.54) is 38.5 Å². The van der Waals surface area contributed by atoms with Gasteiger partial charge in [-0.15, -0.1) is 0 Å². The maximum atomic E-state index is 5.88. The Morgan fingerprint density at radius 1 is 1.16 bits per heavy atom. The minimum absolute atomic E-state index is 0.502. The van der Waals surface area contributed by atoms with Gasteiger partial charge in [-0.2, -0.15) is 0 Å². The van der Waals surface area contributed by atoms with Crippen LogP contribution in [0.4, 0.5) is 11.6 Å². The number of rotatable bonds is 3. The van der Waals surface area contributed by atoms with Crippen molar-refractivity contribution in [2.45, 2.75) is 64.3 Å². The Bertz CT molecular complexity index is 455. The van der Waals surface area contributed by atoms with Gasteiger partial charge in [0.2, 0.25) is 0 Å². The maximum Gasteiger partial charge on any atom is 0.136 e. The fourth-order valence-corrected chi connectivity index (χ4v) is 2.84. The molecule has 0 aromatic carbocycles. The van der Waals surface area contributed by atoms with E-state index in [4.69, 9.17) is 5.73 Å². The molecule has 0 amide bonds. The highest BCUT2D eigenvalue weighted by Gasteiger charge is 2.29. The summed E-state index contributed by atoms with van der Waals surface area (Å²) in [4.78, 5) is 8.96. The van der Waals surface area contributed by atoms with E-state index in [0.717, 1.165) is 11.6 Å². The van der Waals surface area contributed by atoms with Gasteiger partial charge >= 0.3 is 0 Å². The average Bonchev–Trinajstić information content (AvgIpc) is 3.15. The molecule has 3 rings (SSSR count). The Kier molecular flexibility index (Phi) is 3.11. The number of nitrogens with two attached hydrogens (primary N) is 1. The van der Waals surface area contributed by atoms with E-state index in [1.807, 2.05) is 6.07 Å². The molecule has 2 saturated carbocycles. The molecule has 0 spiro atoms. The smallest absolute Gasteiger partial charge is 0.136 e. The van der Waals surface area contributed by atoms with Gasteiger partial charge in [-0.3, -0.25) is 0 Å². The summed E-state index contributed by atoms with van der Waals surface area (Å²) < 4.78 is 0. The third-order valence-corrected chi connectivity index (χ3v) is 4.40. The largest absolute Gasteiger partial charge is 0.384 e. The summed E-state index contributed by atoms with van der Waals surface area (Å²) in [6.07, 6.45) is 7.41. The molecule has 2 aliphatic rings. The molecule has 3 N–H and O–H groups in total. The molecule has 1 aromatic rings. The van der Waals surface area contributed by atoms with Crippen molar-refractivity contribution in [3.05, 3.63) is 11.9 Å². The highest BCUT2D eigenvalue weighted by molar-refractivity contribution is 5.46. The molecule has 0 saturated heterocycles. The number of nitrogens with zero attached hydrogens (tertiary/aromatic N) is 2. The van der Waals surface area contributed by atoms with Crippen LogP contribution in [0.1, 0.15) is 64.1 Å². The summed E-state index contributed by atoms with van der Waals surface area (Å²) in [5, 5.41) is 3.55. The normalized spacial score (nSPS) is 23.3. The molecule has 0 bridgehead atoms. The molecule has 4 nitrogen and oxygen atoms in total. The lowest BCUT2D eigenvalue weighted by Crippen LogP contribution is -2.30. The van der Waals surface area contributed by atoms with Crippen molar-refractivity contribution < 1.29 is 0 Å². The number of anilines is 2. The molecule has 0 aliphatic heterocycles. The lowest BCUT2D eigenvalue weighted by Gasteiger charge is -2.34. The number of aromatic nitrogens is 2. The molecule has 0 unspecified atom stereocenters. The van der Waals surface area contributed by atoms with Crippen LogP contribution in [0, 0.1) is 5.41 Å². The number of nitrogen functional groups attached to an aromatic ring is 1. The average molecular weight is 260 g/mol. The second-order valence-electron chi connectivity index (χ2n) is 6.89. The Morgan fingerprint density at radius 2 is 1.84 bits per heavy atom. The SMILES string of the molecule is CC1(C)CCC(Nc2cc(N)nc(C3CC3)n2)CC1. The minimum atomic E-state index is 0.502. The van der Waals surface area contributed by atoms with Crippen molar-refractivity contribution in [2.24, 2.45) is 5.41 Å². The monoisotopic (exact) mass is 260 g/mol. The molecular weight excluding hydrogens is 236 g/mol. The van der Waals surface area contributed by atoms with Gasteiger partial charge in [-0.1, -0.05) is 13.8 Å². The summed E-state index contributed by atoms with van der Waals surface area (Å²) in [5.74, 6) is 2.99.